The number of hydrogen-bond acceptors (Lipinski definition) is 4. The highest BCUT2D eigenvalue weighted by Crippen LogP contribution is 2.25. The number of guanidine groups is 1. The molecule has 10 heteroatoms. The molecule has 3 rings (SSSR count). The molecule has 2 aromatic carbocycles. The zero-order chi connectivity index (χ0) is 21.3. The Morgan fingerprint density at radius 2 is 1.84 bits per heavy atom. The topological polar surface area (TPSA) is 72.7 Å². The minimum absolute atomic E-state index is 0. The third kappa shape index (κ3) is 7.09. The summed E-state index contributed by atoms with van der Waals surface area (Å²) in [5.74, 6) is 1.12. The van der Waals surface area contributed by atoms with Crippen molar-refractivity contribution in [2.45, 2.75) is 19.7 Å². The fourth-order valence-electron chi connectivity index (χ4n) is 2.79. The fourth-order valence-corrected chi connectivity index (χ4v) is 2.79. The summed E-state index contributed by atoms with van der Waals surface area (Å²) in [7, 11) is 3.13. The number of halogens is 3. The first-order chi connectivity index (χ1) is 14.6. The molecule has 0 unspecified atom stereocenters. The van der Waals surface area contributed by atoms with Crippen LogP contribution in [0.25, 0.3) is 5.69 Å². The number of aromatic nitrogens is 2. The van der Waals surface area contributed by atoms with E-state index in [-0.39, 0.29) is 36.3 Å². The Kier molecular flexibility index (Phi) is 9.50. The van der Waals surface area contributed by atoms with Crippen molar-refractivity contribution in [3.05, 3.63) is 72.1 Å². The van der Waals surface area contributed by atoms with Crippen molar-refractivity contribution in [1.29, 1.82) is 0 Å². The number of para-hydroxylation sites is 1. The Bertz CT molecular complexity index is 983. The number of ether oxygens (including phenoxy) is 2. The molecular weight excluding hydrogens is 519 g/mol. The van der Waals surface area contributed by atoms with Gasteiger partial charge in [-0.15, -0.1) is 24.0 Å². The van der Waals surface area contributed by atoms with Crippen LogP contribution in [0.4, 0.5) is 8.78 Å². The largest absolute Gasteiger partial charge is 0.497 e. The maximum Gasteiger partial charge on any atom is 0.387 e. The Labute approximate surface area is 196 Å². The van der Waals surface area contributed by atoms with Crippen LogP contribution < -0.4 is 20.1 Å². The lowest BCUT2D eigenvalue weighted by atomic mass is 10.2. The third-order valence-corrected chi connectivity index (χ3v) is 4.26. The summed E-state index contributed by atoms with van der Waals surface area (Å²) >= 11 is 0. The number of nitrogens with zero attached hydrogens (tertiary/aromatic N) is 3. The molecule has 166 valence electrons. The number of hydrogen-bond donors (Lipinski definition) is 2. The molecule has 0 saturated heterocycles. The average Bonchev–Trinajstić information content (AvgIpc) is 3.24. The Morgan fingerprint density at radius 3 is 2.52 bits per heavy atom. The monoisotopic (exact) mass is 543 g/mol. The van der Waals surface area contributed by atoms with Gasteiger partial charge >= 0.3 is 6.61 Å². The average molecular weight is 543 g/mol. The molecule has 0 bridgehead atoms. The lowest BCUT2D eigenvalue weighted by Crippen LogP contribution is -2.36. The number of methoxy groups -OCH3 is 1. The number of rotatable bonds is 8. The van der Waals surface area contributed by atoms with Gasteiger partial charge in [-0.1, -0.05) is 18.2 Å². The van der Waals surface area contributed by atoms with E-state index < -0.39 is 6.61 Å². The van der Waals surface area contributed by atoms with Gasteiger partial charge < -0.3 is 20.1 Å². The van der Waals surface area contributed by atoms with E-state index in [1.165, 1.54) is 13.2 Å². The minimum Gasteiger partial charge on any atom is -0.497 e. The maximum atomic E-state index is 12.7. The van der Waals surface area contributed by atoms with Crippen LogP contribution in [0.1, 0.15) is 11.3 Å². The van der Waals surface area contributed by atoms with Gasteiger partial charge in [0.25, 0.3) is 0 Å². The molecule has 0 aliphatic carbocycles. The first-order valence-corrected chi connectivity index (χ1v) is 9.25. The van der Waals surface area contributed by atoms with Gasteiger partial charge in [0.1, 0.15) is 11.5 Å². The quantitative estimate of drug-likeness (QED) is 0.256. The molecule has 0 fully saturated rings. The van der Waals surface area contributed by atoms with Crippen molar-refractivity contribution in [3.8, 4) is 17.2 Å². The summed E-state index contributed by atoms with van der Waals surface area (Å²) in [6.45, 7) is -2.25. The molecule has 31 heavy (non-hydrogen) atoms. The third-order valence-electron chi connectivity index (χ3n) is 4.26. The van der Waals surface area contributed by atoms with Crippen LogP contribution in [0.15, 0.2) is 65.8 Å². The molecule has 0 aliphatic rings. The predicted octanol–water partition coefficient (Wildman–Crippen LogP) is 3.97. The number of aliphatic imine (C=N–C) groups is 1. The van der Waals surface area contributed by atoms with Crippen molar-refractivity contribution in [2.24, 2.45) is 4.99 Å². The SMILES string of the molecule is CN=C(NCc1ccn(-c2ccccc2)n1)NCc1cc(OC)ccc1OC(F)F.I. The van der Waals surface area contributed by atoms with E-state index in [0.717, 1.165) is 11.4 Å². The second-order valence-electron chi connectivity index (χ2n) is 6.22. The predicted molar refractivity (Wildman–Crippen MR) is 126 cm³/mol. The molecule has 1 heterocycles. The number of alkyl halides is 2. The van der Waals surface area contributed by atoms with Gasteiger partial charge in [-0.25, -0.2) is 4.68 Å². The van der Waals surface area contributed by atoms with E-state index in [0.29, 0.717) is 23.8 Å². The van der Waals surface area contributed by atoms with Crippen LogP contribution in [0.3, 0.4) is 0 Å². The van der Waals surface area contributed by atoms with E-state index in [1.807, 2.05) is 42.6 Å². The second-order valence-corrected chi connectivity index (χ2v) is 6.22. The molecule has 0 atom stereocenters. The summed E-state index contributed by atoms with van der Waals surface area (Å²) in [6, 6.07) is 16.4. The lowest BCUT2D eigenvalue weighted by molar-refractivity contribution is -0.0504. The van der Waals surface area contributed by atoms with Crippen molar-refractivity contribution in [1.82, 2.24) is 20.4 Å². The molecule has 0 radical (unpaired) electrons. The first kappa shape index (κ1) is 24.4. The van der Waals surface area contributed by atoms with Crippen LogP contribution in [0.2, 0.25) is 0 Å². The molecule has 2 N–H and O–H groups in total. The van der Waals surface area contributed by atoms with E-state index in [4.69, 9.17) is 4.74 Å². The van der Waals surface area contributed by atoms with Gasteiger partial charge in [0.05, 0.1) is 25.0 Å². The zero-order valence-corrected chi connectivity index (χ0v) is 19.4. The zero-order valence-electron chi connectivity index (χ0n) is 17.1. The van der Waals surface area contributed by atoms with Crippen LogP contribution in [0.5, 0.6) is 11.5 Å². The minimum atomic E-state index is -2.91. The Balaban J connectivity index is 0.00000341. The van der Waals surface area contributed by atoms with E-state index in [2.05, 4.69) is 25.5 Å². The van der Waals surface area contributed by atoms with Gasteiger partial charge in [0, 0.05) is 25.4 Å². The van der Waals surface area contributed by atoms with Gasteiger partial charge in [-0.3, -0.25) is 4.99 Å². The maximum absolute atomic E-state index is 12.7. The normalized spacial score (nSPS) is 11.1. The van der Waals surface area contributed by atoms with Crippen molar-refractivity contribution in [2.75, 3.05) is 14.2 Å². The highest BCUT2D eigenvalue weighted by atomic mass is 127. The fraction of sp³-hybridized carbons (Fsp3) is 0.238. The molecule has 0 amide bonds. The van der Waals surface area contributed by atoms with E-state index in [1.54, 1.807) is 23.9 Å². The van der Waals surface area contributed by atoms with Crippen LogP contribution >= 0.6 is 24.0 Å². The van der Waals surface area contributed by atoms with Gasteiger partial charge in [-0.2, -0.15) is 13.9 Å². The smallest absolute Gasteiger partial charge is 0.387 e. The van der Waals surface area contributed by atoms with Crippen LogP contribution in [0, 0.1) is 0 Å². The molecule has 7 nitrogen and oxygen atoms in total. The molecular formula is C21H24F2IN5O2. The summed E-state index contributed by atoms with van der Waals surface area (Å²) in [5, 5.41) is 10.8. The molecule has 3 aromatic rings. The van der Waals surface area contributed by atoms with Gasteiger partial charge in [0.15, 0.2) is 5.96 Å². The van der Waals surface area contributed by atoms with Gasteiger partial charge in [-0.05, 0) is 36.4 Å². The summed E-state index contributed by atoms with van der Waals surface area (Å²) in [6.07, 6.45) is 1.88. The van der Waals surface area contributed by atoms with Crippen LogP contribution in [-0.4, -0.2) is 36.5 Å². The Morgan fingerprint density at radius 1 is 1.10 bits per heavy atom. The van der Waals surface area contributed by atoms with Crippen molar-refractivity contribution >= 4 is 29.9 Å². The van der Waals surface area contributed by atoms with Crippen molar-refractivity contribution in [3.63, 3.8) is 0 Å². The van der Waals surface area contributed by atoms with Crippen molar-refractivity contribution < 1.29 is 18.3 Å². The number of nitrogens with one attached hydrogen (secondary N) is 2. The second kappa shape index (κ2) is 12.1. The highest BCUT2D eigenvalue weighted by Gasteiger charge is 2.12. The van der Waals surface area contributed by atoms with E-state index in [9.17, 15) is 8.78 Å². The van der Waals surface area contributed by atoms with Crippen LogP contribution in [-0.2, 0) is 13.1 Å². The summed E-state index contributed by atoms with van der Waals surface area (Å²) < 4.78 is 36.9. The number of benzene rings is 2. The van der Waals surface area contributed by atoms with E-state index >= 15 is 0 Å². The molecule has 1 aromatic heterocycles. The van der Waals surface area contributed by atoms with Gasteiger partial charge in [0.2, 0.25) is 0 Å². The summed E-state index contributed by atoms with van der Waals surface area (Å²) in [5.41, 5.74) is 2.31. The molecule has 0 saturated carbocycles. The highest BCUT2D eigenvalue weighted by molar-refractivity contribution is 14.0. The summed E-state index contributed by atoms with van der Waals surface area (Å²) in [4.78, 5) is 4.16. The first-order valence-electron chi connectivity index (χ1n) is 9.25. The molecule has 0 aliphatic heterocycles. The lowest BCUT2D eigenvalue weighted by Gasteiger charge is -2.15. The standard InChI is InChI=1S/C21H23F2N5O2.HI/c1-24-21(25-13-15-12-18(29-2)8-9-19(15)30-20(22)23)26-14-16-10-11-28(27-16)17-6-4-3-5-7-17;/h3-12,20H,13-14H2,1-2H3,(H2,24,25,26);1H. The molecule has 0 spiro atoms. The Hall–Kier alpha value is -2.89.